The molecule has 370 valence electrons. The molecule has 0 fully saturated rings. The van der Waals surface area contributed by atoms with Crippen molar-refractivity contribution < 1.29 is 4.42 Å². The Balaban J connectivity index is 1.08. The van der Waals surface area contributed by atoms with E-state index in [1.54, 1.807) is 0 Å². The molecule has 0 saturated heterocycles. The number of furan rings is 1. The largest absolute Gasteiger partial charge is 0.454 e. The molecule has 9 aromatic carbocycles. The van der Waals surface area contributed by atoms with Crippen LogP contribution >= 0.6 is 11.3 Å². The van der Waals surface area contributed by atoms with Crippen LogP contribution in [0.25, 0.3) is 76.5 Å². The van der Waals surface area contributed by atoms with Crippen LogP contribution < -0.4 is 20.0 Å². The highest BCUT2D eigenvalue weighted by molar-refractivity contribution is 7.32. The molecule has 4 heterocycles. The fourth-order valence-corrected chi connectivity index (χ4v) is 15.2. The van der Waals surface area contributed by atoms with Crippen LogP contribution in [0.1, 0.15) is 103 Å². The second-order valence-electron chi connectivity index (χ2n) is 25.1. The van der Waals surface area contributed by atoms with E-state index >= 15 is 0 Å². The lowest BCUT2D eigenvalue weighted by Gasteiger charge is -2.45. The highest BCUT2D eigenvalue weighted by Gasteiger charge is 2.50. The van der Waals surface area contributed by atoms with Crippen molar-refractivity contribution in [3.63, 3.8) is 0 Å². The maximum Gasteiger partial charge on any atom is 0.343 e. The second-order valence-corrected chi connectivity index (χ2v) is 26.2. The van der Waals surface area contributed by atoms with Gasteiger partial charge in [-0.2, -0.15) is 0 Å². The number of benzene rings is 9. The molecule has 0 spiro atoms. The number of rotatable bonds is 4. The van der Waals surface area contributed by atoms with E-state index in [1.807, 2.05) is 11.3 Å². The summed E-state index contributed by atoms with van der Waals surface area (Å²) in [6.07, 6.45) is 2.37. The minimum absolute atomic E-state index is 0.00671. The van der Waals surface area contributed by atoms with Gasteiger partial charge in [0.15, 0.2) is 5.58 Å². The highest BCUT2D eigenvalue weighted by atomic mass is 32.1. The molecule has 0 unspecified atom stereocenters. The SMILES string of the molecule is CC(C)(C)c1ccc(N2c3c(sc4ccc(-c5ccccc5)cc34)B3c4c(cc5c(oc6ccccc65)c42)-c2cc4c(cc2N3c2ccc(-c3ccccc3)cc2)C(C)(C)c2cc3c(cc2-4)C(C)(C)CCC3(C)C)cc1. The van der Waals surface area contributed by atoms with E-state index in [2.05, 4.69) is 254 Å². The van der Waals surface area contributed by atoms with E-state index < -0.39 is 0 Å². The van der Waals surface area contributed by atoms with E-state index in [1.165, 1.54) is 117 Å². The first-order valence-electron chi connectivity index (χ1n) is 27.4. The number of nitrogens with zero attached hydrogens (tertiary/aromatic N) is 2. The molecular formula is C71H61BN2OS. The molecule has 0 N–H and O–H groups in total. The average molecular weight is 1000 g/mol. The van der Waals surface area contributed by atoms with E-state index in [4.69, 9.17) is 4.42 Å². The predicted molar refractivity (Wildman–Crippen MR) is 325 cm³/mol. The van der Waals surface area contributed by atoms with Crippen molar-refractivity contribution in [3.8, 4) is 44.5 Å². The Labute approximate surface area is 451 Å². The number of para-hydroxylation sites is 1. The highest BCUT2D eigenvalue weighted by Crippen LogP contribution is 2.59. The van der Waals surface area contributed by atoms with Crippen molar-refractivity contribution in [1.29, 1.82) is 0 Å². The topological polar surface area (TPSA) is 19.6 Å². The van der Waals surface area contributed by atoms with Crippen LogP contribution in [0.5, 0.6) is 0 Å². The molecule has 2 aliphatic carbocycles. The van der Waals surface area contributed by atoms with E-state index in [9.17, 15) is 0 Å². The summed E-state index contributed by atoms with van der Waals surface area (Å²) in [5.74, 6) is 0. The fourth-order valence-electron chi connectivity index (χ4n) is 13.9. The Morgan fingerprint density at radius 2 is 1.08 bits per heavy atom. The van der Waals surface area contributed by atoms with Crippen LogP contribution in [-0.2, 0) is 21.7 Å². The predicted octanol–water partition coefficient (Wildman–Crippen LogP) is 18.8. The van der Waals surface area contributed by atoms with Gasteiger partial charge >= 0.3 is 6.85 Å². The molecule has 5 heteroatoms. The van der Waals surface area contributed by atoms with Gasteiger partial charge in [-0.1, -0.05) is 178 Å². The Hall–Kier alpha value is -7.60. The van der Waals surface area contributed by atoms with Crippen molar-refractivity contribution in [1.82, 2.24) is 0 Å². The van der Waals surface area contributed by atoms with Gasteiger partial charge in [0.1, 0.15) is 5.58 Å². The van der Waals surface area contributed by atoms with Crippen LogP contribution in [0.3, 0.4) is 0 Å². The van der Waals surface area contributed by atoms with Gasteiger partial charge in [0.05, 0.1) is 11.4 Å². The molecule has 3 nitrogen and oxygen atoms in total. The minimum atomic E-state index is -0.232. The van der Waals surface area contributed by atoms with Gasteiger partial charge in [-0.25, -0.2) is 0 Å². The molecule has 0 bridgehead atoms. The van der Waals surface area contributed by atoms with Crippen LogP contribution in [0.15, 0.2) is 186 Å². The lowest BCUT2D eigenvalue weighted by atomic mass is 9.46. The zero-order chi connectivity index (χ0) is 51.8. The van der Waals surface area contributed by atoms with Crippen LogP contribution in [0.2, 0.25) is 0 Å². The molecule has 11 aromatic rings. The van der Waals surface area contributed by atoms with Crippen molar-refractivity contribution in [2.75, 3.05) is 9.71 Å². The maximum absolute atomic E-state index is 7.32. The lowest BCUT2D eigenvalue weighted by molar-refractivity contribution is 0.331. The van der Waals surface area contributed by atoms with E-state index in [-0.39, 0.29) is 28.5 Å². The van der Waals surface area contributed by atoms with Gasteiger partial charge in [-0.15, -0.1) is 11.3 Å². The van der Waals surface area contributed by atoms with Crippen LogP contribution in [-0.4, -0.2) is 6.85 Å². The smallest absolute Gasteiger partial charge is 0.343 e. The summed E-state index contributed by atoms with van der Waals surface area (Å²) >= 11 is 1.95. The zero-order valence-electron chi connectivity index (χ0n) is 45.0. The first kappa shape index (κ1) is 45.8. The number of anilines is 5. The Kier molecular flexibility index (Phi) is 9.48. The Morgan fingerprint density at radius 3 is 1.78 bits per heavy atom. The standard InChI is InChI=1S/C71H61BN2OS/c1-68(2,3)46-27-31-47(32-28-46)73-64-55-36-45(43-20-14-11-15-21-43)26-33-62(55)76-67(64)72-63-53(38-54-49-22-16-17-23-61(49)75-66(54)65(63)73)52-37-50-51-39-58-59(70(6,7)35-34-69(58,4)5)40-56(51)71(8,9)57(50)41-60(52)74(72)48-29-24-44(25-30-48)42-18-12-10-13-19-42/h10-33,36-41H,34-35H2,1-9H3. The Bertz CT molecular complexity index is 4230. The lowest BCUT2D eigenvalue weighted by Crippen LogP contribution is -2.60. The van der Waals surface area contributed by atoms with Gasteiger partial charge in [0.25, 0.3) is 0 Å². The molecule has 76 heavy (non-hydrogen) atoms. The van der Waals surface area contributed by atoms with E-state index in [0.717, 1.165) is 39.0 Å². The first-order valence-corrected chi connectivity index (χ1v) is 28.2. The van der Waals surface area contributed by atoms with Crippen molar-refractivity contribution in [2.24, 2.45) is 0 Å². The summed E-state index contributed by atoms with van der Waals surface area (Å²) < 4.78 is 9.91. The van der Waals surface area contributed by atoms with Crippen LogP contribution in [0.4, 0.5) is 28.4 Å². The third-order valence-corrected chi connectivity index (χ3v) is 19.5. The molecule has 2 aromatic heterocycles. The van der Waals surface area contributed by atoms with Crippen molar-refractivity contribution >= 4 is 88.9 Å². The van der Waals surface area contributed by atoms with Gasteiger partial charge in [0, 0.05) is 53.7 Å². The molecule has 0 atom stereocenters. The fraction of sp³-hybridized carbons (Fsp3) is 0.211. The summed E-state index contributed by atoms with van der Waals surface area (Å²) in [6.45, 7) is 21.5. The number of hydrogen-bond acceptors (Lipinski definition) is 4. The van der Waals surface area contributed by atoms with Gasteiger partial charge in [-0.3, -0.25) is 0 Å². The second kappa shape index (κ2) is 15.7. The summed E-state index contributed by atoms with van der Waals surface area (Å²) in [6, 6.07) is 69.2. The van der Waals surface area contributed by atoms with Gasteiger partial charge in [-0.05, 0) is 168 Å². The third kappa shape index (κ3) is 6.48. The summed E-state index contributed by atoms with van der Waals surface area (Å²) in [5, 5.41) is 3.51. The summed E-state index contributed by atoms with van der Waals surface area (Å²) in [5.41, 5.74) is 26.2. The summed E-state index contributed by atoms with van der Waals surface area (Å²) in [7, 11) is 0. The number of fused-ring (bicyclic) bond motifs is 14. The number of thiophene rings is 1. The minimum Gasteiger partial charge on any atom is -0.454 e. The van der Waals surface area contributed by atoms with Gasteiger partial charge in [0.2, 0.25) is 0 Å². The number of hydrogen-bond donors (Lipinski definition) is 0. The quantitative estimate of drug-likeness (QED) is 0.164. The third-order valence-electron chi connectivity index (χ3n) is 18.3. The molecular weight excluding hydrogens is 940 g/mol. The average Bonchev–Trinajstić information content (AvgIpc) is 4.13. The van der Waals surface area contributed by atoms with Crippen molar-refractivity contribution in [2.45, 2.75) is 96.8 Å². The molecule has 0 saturated carbocycles. The van der Waals surface area contributed by atoms with Crippen LogP contribution in [0, 0.1) is 0 Å². The monoisotopic (exact) mass is 1000 g/mol. The normalized spacial score (nSPS) is 16.4. The van der Waals surface area contributed by atoms with Crippen molar-refractivity contribution in [3.05, 3.63) is 210 Å². The Morgan fingerprint density at radius 1 is 0.487 bits per heavy atom. The molecule has 4 aliphatic rings. The molecule has 2 aliphatic heterocycles. The zero-order valence-corrected chi connectivity index (χ0v) is 45.8. The molecule has 15 rings (SSSR count). The summed E-state index contributed by atoms with van der Waals surface area (Å²) in [4.78, 5) is 5.31. The molecule has 0 radical (unpaired) electrons. The first-order chi connectivity index (χ1) is 36.5. The maximum atomic E-state index is 7.32. The van der Waals surface area contributed by atoms with Gasteiger partial charge < -0.3 is 14.1 Å². The molecule has 0 amide bonds. The van der Waals surface area contributed by atoms with E-state index in [0.29, 0.717) is 0 Å².